The van der Waals surface area contributed by atoms with Crippen molar-refractivity contribution in [3.63, 3.8) is 0 Å². The Kier molecular flexibility index (Phi) is 19.6. The molecule has 5 aromatic heterocycles. The zero-order valence-electron chi connectivity index (χ0n) is 56.5. The molecule has 0 fully saturated rings. The van der Waals surface area contributed by atoms with E-state index in [1.165, 1.54) is 46.0 Å². The van der Waals surface area contributed by atoms with Crippen LogP contribution in [-0.4, -0.2) is 44.9 Å². The third kappa shape index (κ3) is 16.0. The van der Waals surface area contributed by atoms with Crippen molar-refractivity contribution < 1.29 is 13.2 Å². The lowest BCUT2D eigenvalue weighted by Gasteiger charge is -2.13. The topological polar surface area (TPSA) is 128 Å². The normalized spacial score (nSPS) is 11.9. The molecule has 94 heavy (non-hydrogen) atoms. The molecule has 0 saturated carbocycles. The van der Waals surface area contributed by atoms with Gasteiger partial charge in [0.25, 0.3) is 0 Å². The summed E-state index contributed by atoms with van der Waals surface area (Å²) < 4.78 is 40.5. The first-order valence-electron chi connectivity index (χ1n) is 31.8. The largest absolute Gasteiger partial charge is 0.342 e. The molecular weight excluding hydrogens is 1190 g/mol. The molecule has 14 rings (SSSR count). The van der Waals surface area contributed by atoms with E-state index in [9.17, 15) is 13.2 Å². The molecule has 480 valence electrons. The van der Waals surface area contributed by atoms with Crippen LogP contribution in [0.2, 0.25) is 0 Å². The maximum atomic E-state index is 14.0. The molecule has 13 heteroatoms. The second-order valence-electron chi connectivity index (χ2n) is 28.7. The van der Waals surface area contributed by atoms with Crippen molar-refractivity contribution in [2.24, 2.45) is 0 Å². The Hall–Kier alpha value is -9.72. The SMILES string of the molecule is CC(C)(C)c1nc(-c2ccccc2)cs1.CC(C)(C)c1nc2c(-c3ccc(F)cc3)cccc2[nH]1.CC(C)(C)c1nc2c(-c3cccc(F)c3)cccc2[nH]1.CC(C)(C)c1nc2c(-c3ccccc3)cccc2[nH]1.CC(C)(C)c1nc2c(-c3ccccc3F)cccc2[nH]1. The van der Waals surface area contributed by atoms with Gasteiger partial charge in [-0.25, -0.2) is 38.1 Å². The summed E-state index contributed by atoms with van der Waals surface area (Å²) in [5, 5.41) is 3.33. The van der Waals surface area contributed by atoms with Crippen LogP contribution in [0, 0.1) is 17.5 Å². The Morgan fingerprint density at radius 3 is 1.02 bits per heavy atom. The average molecular weight is 1270 g/mol. The van der Waals surface area contributed by atoms with Crippen molar-refractivity contribution in [2.75, 3.05) is 0 Å². The van der Waals surface area contributed by atoms with Crippen LogP contribution in [0.15, 0.2) is 212 Å². The number of aromatic amines is 4. The van der Waals surface area contributed by atoms with Gasteiger partial charge in [0.1, 0.15) is 40.7 Å². The van der Waals surface area contributed by atoms with E-state index in [0.717, 1.165) is 101 Å². The van der Waals surface area contributed by atoms with E-state index in [-0.39, 0.29) is 44.5 Å². The second kappa shape index (κ2) is 27.5. The Morgan fingerprint density at radius 2 is 0.628 bits per heavy atom. The fourth-order valence-electron chi connectivity index (χ4n) is 10.4. The van der Waals surface area contributed by atoms with E-state index in [4.69, 9.17) is 15.0 Å². The fourth-order valence-corrected chi connectivity index (χ4v) is 11.3. The van der Waals surface area contributed by atoms with E-state index in [1.54, 1.807) is 47.7 Å². The minimum Gasteiger partial charge on any atom is -0.342 e. The molecule has 0 saturated heterocycles. The van der Waals surface area contributed by atoms with Gasteiger partial charge < -0.3 is 19.9 Å². The first-order valence-corrected chi connectivity index (χ1v) is 32.7. The molecule has 4 N–H and O–H groups in total. The number of aromatic nitrogens is 9. The summed E-state index contributed by atoms with van der Waals surface area (Å²) in [6.45, 7) is 32.2. The van der Waals surface area contributed by atoms with Gasteiger partial charge in [-0.15, -0.1) is 11.3 Å². The fraction of sp³-hybridized carbons (Fsp3) is 0.247. The highest BCUT2D eigenvalue weighted by Gasteiger charge is 2.24. The summed E-state index contributed by atoms with van der Waals surface area (Å²) in [4.78, 5) is 37.1. The molecule has 0 radical (unpaired) electrons. The van der Waals surface area contributed by atoms with Crippen LogP contribution >= 0.6 is 11.3 Å². The summed E-state index contributed by atoms with van der Waals surface area (Å²) >= 11 is 1.74. The summed E-state index contributed by atoms with van der Waals surface area (Å²) in [5.41, 5.74) is 17.7. The summed E-state index contributed by atoms with van der Waals surface area (Å²) in [6.07, 6.45) is 0. The number of rotatable bonds is 5. The molecule has 0 unspecified atom stereocenters. The van der Waals surface area contributed by atoms with Crippen molar-refractivity contribution in [3.8, 4) is 55.8 Å². The lowest BCUT2D eigenvalue weighted by atomic mass is 9.96. The summed E-state index contributed by atoms with van der Waals surface area (Å²) in [6, 6.07) is 64.8. The number of imidazole rings is 4. The number of nitrogens with zero attached hydrogens (tertiary/aromatic N) is 5. The summed E-state index contributed by atoms with van der Waals surface area (Å²) in [5.74, 6) is 3.17. The molecule has 0 spiro atoms. The van der Waals surface area contributed by atoms with Crippen LogP contribution in [0.5, 0.6) is 0 Å². The van der Waals surface area contributed by atoms with Gasteiger partial charge in [-0.1, -0.05) is 256 Å². The van der Waals surface area contributed by atoms with Gasteiger partial charge >= 0.3 is 0 Å². The number of thiazole rings is 1. The number of benzene rings is 9. The minimum absolute atomic E-state index is 0.0287. The Bertz CT molecular complexity index is 4850. The standard InChI is InChI=1S/3C17H17FN2.C17H18N2.C13H15NS/c1-17(2,3)16-19-14-9-5-8-13(15(14)20-16)11-6-4-7-12(18)10-11;1-17(2,3)16-19-14-10-6-8-12(15(14)20-16)11-7-4-5-9-13(11)18;1-17(2,3)16-19-14-6-4-5-13(15(14)20-16)11-7-9-12(18)10-8-11;1-17(2,3)16-18-14-11-7-10-13(15(14)19-16)12-8-5-4-6-9-12;1-13(2,3)12-14-11(9-15-12)10-7-5-4-6-8-10/h3*4-10H,1-3H3,(H,19,20);4-11H,1-3H3,(H,18,19);4-9H,1-3H3. The predicted octanol–water partition coefficient (Wildman–Crippen LogP) is 22.6. The molecule has 0 atom stereocenters. The smallest absolute Gasteiger partial charge is 0.131 e. The van der Waals surface area contributed by atoms with Crippen molar-refractivity contribution >= 4 is 55.5 Å². The zero-order chi connectivity index (χ0) is 67.3. The molecule has 5 heterocycles. The molecule has 0 aliphatic carbocycles. The Morgan fingerprint density at radius 1 is 0.287 bits per heavy atom. The van der Waals surface area contributed by atoms with Crippen molar-refractivity contribution in [1.82, 2.24) is 44.9 Å². The highest BCUT2D eigenvalue weighted by molar-refractivity contribution is 7.10. The average Bonchev–Trinajstić information content (AvgIpc) is 1.66. The molecular formula is C81H84F3N9S. The predicted molar refractivity (Wildman–Crippen MR) is 387 cm³/mol. The zero-order valence-corrected chi connectivity index (χ0v) is 57.3. The molecule has 0 aliphatic heterocycles. The third-order valence-corrected chi connectivity index (χ3v) is 16.9. The van der Waals surface area contributed by atoms with Gasteiger partial charge in [0.2, 0.25) is 0 Å². The van der Waals surface area contributed by atoms with Gasteiger partial charge in [-0.3, -0.25) is 0 Å². The van der Waals surface area contributed by atoms with Crippen molar-refractivity contribution in [2.45, 2.75) is 131 Å². The van der Waals surface area contributed by atoms with E-state index >= 15 is 0 Å². The quantitative estimate of drug-likeness (QED) is 0.136. The number of halogens is 3. The van der Waals surface area contributed by atoms with Crippen LogP contribution in [-0.2, 0) is 27.1 Å². The number of fused-ring (bicyclic) bond motifs is 4. The molecule has 0 aliphatic rings. The van der Waals surface area contributed by atoms with E-state index in [2.05, 4.69) is 194 Å². The first-order chi connectivity index (χ1) is 44.5. The maximum Gasteiger partial charge on any atom is 0.131 e. The lowest BCUT2D eigenvalue weighted by Crippen LogP contribution is -2.12. The van der Waals surface area contributed by atoms with Gasteiger partial charge in [0, 0.05) is 65.8 Å². The molecule has 0 bridgehead atoms. The summed E-state index contributed by atoms with van der Waals surface area (Å²) in [7, 11) is 0. The number of para-hydroxylation sites is 4. The second-order valence-corrected chi connectivity index (χ2v) is 29.5. The van der Waals surface area contributed by atoms with Crippen LogP contribution in [0.25, 0.3) is 99.9 Å². The van der Waals surface area contributed by atoms with E-state index in [0.29, 0.717) is 5.56 Å². The monoisotopic (exact) mass is 1270 g/mol. The highest BCUT2D eigenvalue weighted by atomic mass is 32.1. The minimum atomic E-state index is -0.230. The van der Waals surface area contributed by atoms with Gasteiger partial charge in [0.05, 0.1) is 54.8 Å². The van der Waals surface area contributed by atoms with Crippen LogP contribution < -0.4 is 0 Å². The maximum absolute atomic E-state index is 14.0. The Labute approximate surface area is 554 Å². The van der Waals surface area contributed by atoms with E-state index < -0.39 is 0 Å². The number of hydrogen-bond donors (Lipinski definition) is 4. The van der Waals surface area contributed by atoms with Crippen molar-refractivity contribution in [3.05, 3.63) is 257 Å². The highest BCUT2D eigenvalue weighted by Crippen LogP contribution is 2.36. The van der Waals surface area contributed by atoms with Gasteiger partial charge in [0.15, 0.2) is 0 Å². The van der Waals surface area contributed by atoms with Crippen LogP contribution in [0.4, 0.5) is 13.2 Å². The lowest BCUT2D eigenvalue weighted by molar-refractivity contribution is 0.554. The number of hydrogen-bond acceptors (Lipinski definition) is 6. The molecule has 9 aromatic carbocycles. The van der Waals surface area contributed by atoms with Gasteiger partial charge in [-0.05, 0) is 71.3 Å². The third-order valence-electron chi connectivity index (χ3n) is 15.6. The number of nitrogens with one attached hydrogen (secondary N) is 4. The molecule has 14 aromatic rings. The van der Waals surface area contributed by atoms with E-state index in [1.807, 2.05) is 91.0 Å². The molecule has 0 amide bonds. The first kappa shape index (κ1) is 67.2. The van der Waals surface area contributed by atoms with Crippen LogP contribution in [0.3, 0.4) is 0 Å². The number of H-pyrrole nitrogens is 4. The van der Waals surface area contributed by atoms with Crippen molar-refractivity contribution in [1.29, 1.82) is 0 Å². The van der Waals surface area contributed by atoms with Gasteiger partial charge in [-0.2, -0.15) is 0 Å². The molecule has 9 nitrogen and oxygen atoms in total. The van der Waals surface area contributed by atoms with Crippen LogP contribution in [0.1, 0.15) is 132 Å². The Balaban J connectivity index is 0.000000129.